The van der Waals surface area contributed by atoms with E-state index >= 15 is 0 Å². The third-order valence-electron chi connectivity index (χ3n) is 5.11. The molecule has 3 rings (SSSR count). The zero-order valence-electron chi connectivity index (χ0n) is 16.2. The van der Waals surface area contributed by atoms with Crippen molar-refractivity contribution in [3.05, 3.63) is 47.7 Å². The maximum atomic E-state index is 12.5. The van der Waals surface area contributed by atoms with E-state index in [0.29, 0.717) is 23.9 Å². The number of hydrogen-bond donors (Lipinski definition) is 1. The van der Waals surface area contributed by atoms with Crippen molar-refractivity contribution in [2.75, 3.05) is 25.5 Å². The van der Waals surface area contributed by atoms with Crippen molar-refractivity contribution < 1.29 is 14.4 Å². The second-order valence-electron chi connectivity index (χ2n) is 6.96. The first-order valence-corrected chi connectivity index (χ1v) is 9.35. The Balaban J connectivity index is 1.64. The first kappa shape index (κ1) is 19.3. The summed E-state index contributed by atoms with van der Waals surface area (Å²) in [5.41, 5.74) is 2.81. The van der Waals surface area contributed by atoms with Crippen molar-refractivity contribution in [3.8, 4) is 11.6 Å². The van der Waals surface area contributed by atoms with Crippen LogP contribution in [0, 0.1) is 19.8 Å². The third-order valence-corrected chi connectivity index (χ3v) is 5.11. The molecule has 1 N–H and O–H groups in total. The molecule has 0 unspecified atom stereocenters. The van der Waals surface area contributed by atoms with Crippen LogP contribution in [0.15, 0.2) is 36.5 Å². The smallest absolute Gasteiger partial charge is 0.243 e. The molecule has 1 amide bonds. The summed E-state index contributed by atoms with van der Waals surface area (Å²) in [7, 11) is 1.69. The van der Waals surface area contributed by atoms with Gasteiger partial charge in [0.2, 0.25) is 11.8 Å². The Hall–Kier alpha value is -2.44. The van der Waals surface area contributed by atoms with Crippen molar-refractivity contribution in [1.29, 1.82) is 0 Å². The van der Waals surface area contributed by atoms with E-state index < -0.39 is 0 Å². The van der Waals surface area contributed by atoms with Crippen molar-refractivity contribution in [3.63, 3.8) is 0 Å². The number of pyridine rings is 1. The van der Waals surface area contributed by atoms with Crippen LogP contribution in [0.3, 0.4) is 0 Å². The first-order chi connectivity index (χ1) is 13.1. The van der Waals surface area contributed by atoms with Crippen molar-refractivity contribution >= 4 is 11.6 Å². The van der Waals surface area contributed by atoms with Gasteiger partial charge < -0.3 is 14.9 Å². The lowest BCUT2D eigenvalue weighted by Crippen LogP contribution is -2.34. The molecule has 27 heavy (non-hydrogen) atoms. The molecular formula is C21H27N3O3. The fourth-order valence-electron chi connectivity index (χ4n) is 3.27. The monoisotopic (exact) mass is 369 g/mol. The maximum absolute atomic E-state index is 12.5. The van der Waals surface area contributed by atoms with Crippen LogP contribution in [-0.2, 0) is 9.63 Å². The van der Waals surface area contributed by atoms with Crippen molar-refractivity contribution in [2.24, 2.45) is 5.92 Å². The minimum absolute atomic E-state index is 0.00955. The van der Waals surface area contributed by atoms with Crippen LogP contribution in [-0.4, -0.2) is 36.2 Å². The number of aromatic nitrogens is 1. The Labute approximate surface area is 160 Å². The van der Waals surface area contributed by atoms with Gasteiger partial charge in [-0.3, -0.25) is 4.79 Å². The summed E-state index contributed by atoms with van der Waals surface area (Å²) in [4.78, 5) is 22.1. The highest BCUT2D eigenvalue weighted by Gasteiger charge is 2.22. The predicted molar refractivity (Wildman–Crippen MR) is 105 cm³/mol. The van der Waals surface area contributed by atoms with Crippen molar-refractivity contribution in [1.82, 2.24) is 10.0 Å². The third kappa shape index (κ3) is 5.05. The SMILES string of the molecule is CON1CCC(CC(=O)Nc2cccnc2Oc2cccc(C)c2C)CC1. The van der Waals surface area contributed by atoms with Gasteiger partial charge in [-0.1, -0.05) is 12.1 Å². The number of nitrogens with one attached hydrogen (secondary N) is 1. The van der Waals surface area contributed by atoms with E-state index in [9.17, 15) is 4.79 Å². The molecule has 1 aliphatic heterocycles. The quantitative estimate of drug-likeness (QED) is 0.831. The standard InChI is InChI=1S/C21H27N3O3/c1-15-6-4-8-19(16(15)2)27-21-18(7-5-11-22-21)23-20(25)14-17-9-12-24(26-3)13-10-17/h4-8,11,17H,9-10,12-14H2,1-3H3,(H,23,25). The topological polar surface area (TPSA) is 63.7 Å². The second-order valence-corrected chi connectivity index (χ2v) is 6.96. The molecule has 1 fully saturated rings. The van der Waals surface area contributed by atoms with E-state index in [1.54, 1.807) is 19.4 Å². The molecule has 0 radical (unpaired) electrons. The summed E-state index contributed by atoms with van der Waals surface area (Å²) in [5, 5.41) is 4.90. The maximum Gasteiger partial charge on any atom is 0.243 e. The highest BCUT2D eigenvalue weighted by molar-refractivity contribution is 5.92. The fraction of sp³-hybridized carbons (Fsp3) is 0.429. The summed E-state index contributed by atoms with van der Waals surface area (Å²) in [6, 6.07) is 9.51. The molecule has 1 saturated heterocycles. The van der Waals surface area contributed by atoms with E-state index in [2.05, 4.69) is 10.3 Å². The van der Waals surface area contributed by atoms with E-state index in [4.69, 9.17) is 9.57 Å². The van der Waals surface area contributed by atoms with Crippen LogP contribution in [0.1, 0.15) is 30.4 Å². The van der Waals surface area contributed by atoms with Crippen LogP contribution in [0.25, 0.3) is 0 Å². The first-order valence-electron chi connectivity index (χ1n) is 9.35. The number of hydroxylamine groups is 2. The molecule has 1 aromatic carbocycles. The van der Waals surface area contributed by atoms with Gasteiger partial charge in [0.1, 0.15) is 11.4 Å². The summed E-state index contributed by atoms with van der Waals surface area (Å²) in [5.74, 6) is 1.52. The number of carbonyl (C=O) groups excluding carboxylic acids is 1. The Morgan fingerprint density at radius 3 is 2.74 bits per heavy atom. The molecule has 0 saturated carbocycles. The Kier molecular flexibility index (Phi) is 6.42. The normalized spacial score (nSPS) is 15.5. The Morgan fingerprint density at radius 1 is 1.22 bits per heavy atom. The summed E-state index contributed by atoms with van der Waals surface area (Å²) < 4.78 is 5.99. The minimum atomic E-state index is -0.00955. The number of ether oxygens (including phenoxy) is 1. The molecule has 2 aromatic rings. The molecule has 1 aliphatic rings. The number of benzene rings is 1. The average molecular weight is 369 g/mol. The predicted octanol–water partition coefficient (Wildman–Crippen LogP) is 4.09. The van der Waals surface area contributed by atoms with Gasteiger partial charge >= 0.3 is 0 Å². The van der Waals surface area contributed by atoms with Gasteiger partial charge in [-0.15, -0.1) is 0 Å². The lowest BCUT2D eigenvalue weighted by molar-refractivity contribution is -0.149. The molecule has 2 heterocycles. The summed E-state index contributed by atoms with van der Waals surface area (Å²) in [6.45, 7) is 5.78. The minimum Gasteiger partial charge on any atom is -0.437 e. The largest absolute Gasteiger partial charge is 0.437 e. The van der Waals surface area contributed by atoms with E-state index in [1.807, 2.05) is 43.2 Å². The zero-order valence-corrected chi connectivity index (χ0v) is 16.2. The van der Waals surface area contributed by atoms with Crippen LogP contribution in [0.2, 0.25) is 0 Å². The summed E-state index contributed by atoms with van der Waals surface area (Å²) >= 11 is 0. The van der Waals surface area contributed by atoms with Crippen molar-refractivity contribution in [2.45, 2.75) is 33.1 Å². The molecule has 0 spiro atoms. The van der Waals surface area contributed by atoms with Gasteiger partial charge in [0.15, 0.2) is 0 Å². The number of rotatable bonds is 6. The van der Waals surface area contributed by atoms with Crippen LogP contribution in [0.5, 0.6) is 11.6 Å². The Bertz CT molecular complexity index is 786. The molecule has 144 valence electrons. The number of carbonyl (C=O) groups is 1. The fourth-order valence-corrected chi connectivity index (χ4v) is 3.27. The molecule has 6 heteroatoms. The number of hydrogen-bond acceptors (Lipinski definition) is 5. The number of aryl methyl sites for hydroxylation is 1. The molecule has 6 nitrogen and oxygen atoms in total. The molecule has 0 atom stereocenters. The van der Waals surface area contributed by atoms with Gasteiger partial charge in [0.05, 0.1) is 7.11 Å². The molecule has 0 aliphatic carbocycles. The molecular weight excluding hydrogens is 342 g/mol. The summed E-state index contributed by atoms with van der Waals surface area (Å²) in [6.07, 6.45) is 4.08. The molecule has 1 aromatic heterocycles. The number of nitrogens with zero attached hydrogens (tertiary/aromatic N) is 2. The number of piperidine rings is 1. The van der Waals surface area contributed by atoms with Gasteiger partial charge in [-0.2, -0.15) is 5.06 Å². The highest BCUT2D eigenvalue weighted by atomic mass is 16.7. The number of anilines is 1. The van der Waals surface area contributed by atoms with E-state index in [1.165, 1.54) is 0 Å². The zero-order chi connectivity index (χ0) is 19.2. The lowest BCUT2D eigenvalue weighted by atomic mass is 9.94. The lowest BCUT2D eigenvalue weighted by Gasteiger charge is -2.29. The van der Waals surface area contributed by atoms with Gasteiger partial charge in [-0.05, 0) is 61.9 Å². The average Bonchev–Trinajstić information content (AvgIpc) is 2.67. The highest BCUT2D eigenvalue weighted by Crippen LogP contribution is 2.30. The second kappa shape index (κ2) is 8.97. The number of amides is 1. The van der Waals surface area contributed by atoms with Gasteiger partial charge in [-0.25, -0.2) is 4.98 Å². The van der Waals surface area contributed by atoms with Crippen LogP contribution < -0.4 is 10.1 Å². The van der Waals surface area contributed by atoms with Crippen LogP contribution in [0.4, 0.5) is 5.69 Å². The van der Waals surface area contributed by atoms with Gasteiger partial charge in [0, 0.05) is 25.7 Å². The van der Waals surface area contributed by atoms with Gasteiger partial charge in [0.25, 0.3) is 0 Å². The Morgan fingerprint density at radius 2 is 2.00 bits per heavy atom. The van der Waals surface area contributed by atoms with Crippen LogP contribution >= 0.6 is 0 Å². The molecule has 0 bridgehead atoms. The van der Waals surface area contributed by atoms with E-state index in [0.717, 1.165) is 42.8 Å². The van der Waals surface area contributed by atoms with E-state index in [-0.39, 0.29) is 5.91 Å².